The number of benzene rings is 2. The van der Waals surface area contributed by atoms with Crippen molar-refractivity contribution < 1.29 is 14.0 Å². The van der Waals surface area contributed by atoms with Crippen LogP contribution in [0, 0.1) is 5.82 Å². The van der Waals surface area contributed by atoms with Crippen molar-refractivity contribution in [3.8, 4) is 0 Å². The molecular weight excluding hydrogens is 357 g/mol. The third-order valence-corrected chi connectivity index (χ3v) is 4.16. The number of hydrogen-bond donors (Lipinski definition) is 2. The number of hydrogen-bond acceptors (Lipinski definition) is 3. The highest BCUT2D eigenvalue weighted by molar-refractivity contribution is 6.30. The van der Waals surface area contributed by atoms with Crippen LogP contribution in [0.3, 0.4) is 0 Å². The Morgan fingerprint density at radius 1 is 1.19 bits per heavy atom. The molecule has 26 heavy (non-hydrogen) atoms. The lowest BCUT2D eigenvalue weighted by Gasteiger charge is -2.23. The third kappa shape index (κ3) is 6.13. The minimum atomic E-state index is -0.499. The molecule has 0 saturated heterocycles. The Bertz CT molecular complexity index is 768. The van der Waals surface area contributed by atoms with Crippen molar-refractivity contribution in [2.75, 3.05) is 18.9 Å². The Kier molecular flexibility index (Phi) is 7.12. The van der Waals surface area contributed by atoms with Crippen molar-refractivity contribution in [1.82, 2.24) is 10.2 Å². The molecule has 1 unspecified atom stereocenters. The van der Waals surface area contributed by atoms with E-state index in [1.807, 2.05) is 0 Å². The minimum Gasteiger partial charge on any atom is -0.351 e. The summed E-state index contributed by atoms with van der Waals surface area (Å²) in [6.45, 7) is 2.07. The van der Waals surface area contributed by atoms with Crippen molar-refractivity contribution in [3.63, 3.8) is 0 Å². The zero-order valence-corrected chi connectivity index (χ0v) is 15.4. The van der Waals surface area contributed by atoms with E-state index in [9.17, 15) is 14.0 Å². The van der Waals surface area contributed by atoms with Crippen molar-refractivity contribution in [2.45, 2.75) is 19.5 Å². The number of nitrogens with zero attached hydrogens (tertiary/aromatic N) is 1. The number of carbonyl (C=O) groups excluding carboxylic acids is 2. The van der Waals surface area contributed by atoms with Crippen LogP contribution < -0.4 is 10.6 Å². The third-order valence-electron chi connectivity index (χ3n) is 3.92. The molecule has 0 aliphatic carbocycles. The minimum absolute atomic E-state index is 0.0532. The Morgan fingerprint density at radius 3 is 2.54 bits per heavy atom. The topological polar surface area (TPSA) is 61.4 Å². The molecule has 0 aliphatic rings. The molecule has 2 N–H and O–H groups in total. The van der Waals surface area contributed by atoms with Crippen molar-refractivity contribution in [1.29, 1.82) is 0 Å². The fourth-order valence-electron chi connectivity index (χ4n) is 2.27. The molecule has 2 amide bonds. The van der Waals surface area contributed by atoms with Crippen LogP contribution in [-0.2, 0) is 16.1 Å². The van der Waals surface area contributed by atoms with Gasteiger partial charge in [0.2, 0.25) is 11.8 Å². The molecule has 0 bridgehead atoms. The quantitative estimate of drug-likeness (QED) is 0.779. The predicted octanol–water partition coefficient (Wildman–Crippen LogP) is 3.05. The second-order valence-corrected chi connectivity index (χ2v) is 6.43. The second kappa shape index (κ2) is 9.31. The van der Waals surface area contributed by atoms with Crippen molar-refractivity contribution in [3.05, 3.63) is 64.9 Å². The Hall–Kier alpha value is -2.44. The summed E-state index contributed by atoms with van der Waals surface area (Å²) in [4.78, 5) is 26.0. The van der Waals surface area contributed by atoms with Crippen molar-refractivity contribution in [2.24, 2.45) is 0 Å². The van der Waals surface area contributed by atoms with E-state index in [1.165, 1.54) is 12.1 Å². The smallest absolute Gasteiger partial charge is 0.238 e. The summed E-state index contributed by atoms with van der Waals surface area (Å²) in [6.07, 6.45) is 0. The Labute approximate surface area is 157 Å². The lowest BCUT2D eigenvalue weighted by atomic mass is 10.2. The van der Waals surface area contributed by atoms with Crippen LogP contribution in [0.2, 0.25) is 5.02 Å². The highest BCUT2D eigenvalue weighted by Crippen LogP contribution is 2.14. The molecule has 0 saturated carbocycles. The summed E-state index contributed by atoms with van der Waals surface area (Å²) in [7, 11) is 1.69. The first-order valence-electron chi connectivity index (χ1n) is 8.13. The van der Waals surface area contributed by atoms with Gasteiger partial charge in [-0.25, -0.2) is 4.39 Å². The van der Waals surface area contributed by atoms with Gasteiger partial charge in [-0.2, -0.15) is 0 Å². The fraction of sp³-hybridized carbons (Fsp3) is 0.263. The lowest BCUT2D eigenvalue weighted by molar-refractivity contribution is -0.126. The fourth-order valence-corrected chi connectivity index (χ4v) is 2.46. The first kappa shape index (κ1) is 19.9. The molecular formula is C19H21ClFN3O2. The Balaban J connectivity index is 1.81. The summed E-state index contributed by atoms with van der Waals surface area (Å²) in [6, 6.07) is 12.3. The number of nitrogens with one attached hydrogen (secondary N) is 2. The summed E-state index contributed by atoms with van der Waals surface area (Å²) in [5.41, 5.74) is 1.40. The molecule has 0 heterocycles. The molecule has 2 aromatic rings. The van der Waals surface area contributed by atoms with Gasteiger partial charge in [-0.1, -0.05) is 29.8 Å². The van der Waals surface area contributed by atoms with Gasteiger partial charge in [0.15, 0.2) is 0 Å². The monoisotopic (exact) mass is 377 g/mol. The first-order valence-corrected chi connectivity index (χ1v) is 8.51. The van der Waals surface area contributed by atoms with Crippen LogP contribution in [0.4, 0.5) is 10.1 Å². The Morgan fingerprint density at radius 2 is 1.88 bits per heavy atom. The highest BCUT2D eigenvalue weighted by atomic mass is 35.5. The van der Waals surface area contributed by atoms with Gasteiger partial charge in [0, 0.05) is 17.3 Å². The number of carbonyl (C=O) groups is 2. The maximum absolute atomic E-state index is 12.9. The summed E-state index contributed by atoms with van der Waals surface area (Å²) < 4.78 is 12.9. The SMILES string of the molecule is CC(C(=O)NCc1ccc(F)cc1)N(C)CC(=O)Nc1cccc(Cl)c1. The van der Waals surface area contributed by atoms with Gasteiger partial charge in [-0.3, -0.25) is 14.5 Å². The van der Waals surface area contributed by atoms with Crippen molar-refractivity contribution >= 4 is 29.1 Å². The maximum atomic E-state index is 12.9. The van der Waals surface area contributed by atoms with Gasteiger partial charge in [-0.15, -0.1) is 0 Å². The van der Waals surface area contributed by atoms with E-state index in [2.05, 4.69) is 10.6 Å². The van der Waals surface area contributed by atoms with E-state index in [0.717, 1.165) is 5.56 Å². The molecule has 5 nitrogen and oxygen atoms in total. The van der Waals surface area contributed by atoms with Crippen LogP contribution in [0.5, 0.6) is 0 Å². The molecule has 1 atom stereocenters. The largest absolute Gasteiger partial charge is 0.351 e. The van der Waals surface area contributed by atoms with E-state index in [-0.39, 0.29) is 24.2 Å². The summed E-state index contributed by atoms with van der Waals surface area (Å²) in [5, 5.41) is 6.05. The van der Waals surface area contributed by atoms with E-state index >= 15 is 0 Å². The normalized spacial score (nSPS) is 11.9. The maximum Gasteiger partial charge on any atom is 0.238 e. The number of likely N-dealkylation sites (N-methyl/N-ethyl adjacent to an activating group) is 1. The lowest BCUT2D eigenvalue weighted by Crippen LogP contribution is -2.45. The van der Waals surface area contributed by atoms with Crippen LogP contribution in [0.15, 0.2) is 48.5 Å². The van der Waals surface area contributed by atoms with Crippen LogP contribution in [0.1, 0.15) is 12.5 Å². The van der Waals surface area contributed by atoms with Gasteiger partial charge >= 0.3 is 0 Å². The number of anilines is 1. The summed E-state index contributed by atoms with van der Waals surface area (Å²) in [5.74, 6) is -0.778. The standard InChI is InChI=1S/C19H21ClFN3O2/c1-13(19(26)22-11-14-6-8-16(21)9-7-14)24(2)12-18(25)23-17-5-3-4-15(20)10-17/h3-10,13H,11-12H2,1-2H3,(H,22,26)(H,23,25). The van der Waals surface area contributed by atoms with E-state index in [1.54, 1.807) is 55.3 Å². The molecule has 0 aromatic heterocycles. The molecule has 138 valence electrons. The van der Waals surface area contributed by atoms with Gasteiger partial charge < -0.3 is 10.6 Å². The number of rotatable bonds is 7. The molecule has 2 rings (SSSR count). The first-order chi connectivity index (χ1) is 12.3. The van der Waals surface area contributed by atoms with Crippen LogP contribution in [0.25, 0.3) is 0 Å². The molecule has 0 aliphatic heterocycles. The van der Waals surface area contributed by atoms with E-state index in [4.69, 9.17) is 11.6 Å². The molecule has 2 aromatic carbocycles. The van der Waals surface area contributed by atoms with Gasteiger partial charge in [0.1, 0.15) is 5.82 Å². The van der Waals surface area contributed by atoms with Gasteiger partial charge in [-0.05, 0) is 49.9 Å². The molecule has 7 heteroatoms. The average molecular weight is 378 g/mol. The molecule has 0 fully saturated rings. The number of halogens is 2. The van der Waals surface area contributed by atoms with E-state index < -0.39 is 6.04 Å². The molecule has 0 radical (unpaired) electrons. The number of amides is 2. The average Bonchev–Trinajstić information content (AvgIpc) is 2.60. The zero-order chi connectivity index (χ0) is 19.1. The molecule has 0 spiro atoms. The van der Waals surface area contributed by atoms with Crippen LogP contribution >= 0.6 is 11.6 Å². The van der Waals surface area contributed by atoms with E-state index in [0.29, 0.717) is 17.3 Å². The van der Waals surface area contributed by atoms with Gasteiger partial charge in [0.05, 0.1) is 12.6 Å². The summed E-state index contributed by atoms with van der Waals surface area (Å²) >= 11 is 5.88. The predicted molar refractivity (Wildman–Crippen MR) is 100 cm³/mol. The second-order valence-electron chi connectivity index (χ2n) is 5.99. The van der Waals surface area contributed by atoms with Crippen LogP contribution in [-0.4, -0.2) is 36.3 Å². The highest BCUT2D eigenvalue weighted by Gasteiger charge is 2.20. The van der Waals surface area contributed by atoms with Gasteiger partial charge in [0.25, 0.3) is 0 Å². The zero-order valence-electron chi connectivity index (χ0n) is 14.6.